The first kappa shape index (κ1) is 15.1. The molecule has 0 aliphatic heterocycles. The van der Waals surface area contributed by atoms with Crippen molar-refractivity contribution in [2.45, 2.75) is 0 Å². The second-order valence-electron chi connectivity index (χ2n) is 4.14. The van der Waals surface area contributed by atoms with Gasteiger partial charge in [-0.3, -0.25) is 0 Å². The topological polar surface area (TPSA) is 37.4 Å². The van der Waals surface area contributed by atoms with Crippen molar-refractivity contribution in [3.05, 3.63) is 66.2 Å². The Morgan fingerprint density at radius 2 is 1.57 bits per heavy atom. The van der Waals surface area contributed by atoms with Crippen LogP contribution in [0.3, 0.4) is 0 Å². The normalized spacial score (nSPS) is 9.67. The molecule has 3 nitrogen and oxygen atoms in total. The first-order valence-electron chi connectivity index (χ1n) is 6.29. The van der Waals surface area contributed by atoms with Crippen molar-refractivity contribution in [2.24, 2.45) is 0 Å². The standard InChI is InChI=1S/C17H13NO2Se/c1-2-13-18(16(19)14-9-5-3-6-10-14)17(20)21-15-11-7-4-8-12-15/h1,3-12H,13H2. The summed E-state index contributed by atoms with van der Waals surface area (Å²) in [6.45, 7) is -0.0128. The van der Waals surface area contributed by atoms with E-state index in [1.165, 1.54) is 0 Å². The summed E-state index contributed by atoms with van der Waals surface area (Å²) in [7, 11) is 0. The Balaban J connectivity index is 2.17. The fraction of sp³-hybridized carbons (Fsp3) is 0.0588. The summed E-state index contributed by atoms with van der Waals surface area (Å²) >= 11 is -0.470. The summed E-state index contributed by atoms with van der Waals surface area (Å²) in [5.74, 6) is 2.03. The van der Waals surface area contributed by atoms with E-state index in [0.29, 0.717) is 5.56 Å². The van der Waals surface area contributed by atoms with Crippen molar-refractivity contribution >= 4 is 30.1 Å². The molecule has 0 saturated heterocycles. The van der Waals surface area contributed by atoms with Crippen LogP contribution in [0.25, 0.3) is 0 Å². The molecular formula is C17H13NO2Se. The van der Waals surface area contributed by atoms with E-state index in [2.05, 4.69) is 5.92 Å². The maximum atomic E-state index is 12.4. The van der Waals surface area contributed by atoms with Gasteiger partial charge in [-0.2, -0.15) is 0 Å². The number of terminal acetylenes is 1. The van der Waals surface area contributed by atoms with E-state index in [1.54, 1.807) is 24.3 Å². The third-order valence-corrected chi connectivity index (χ3v) is 4.58. The second-order valence-corrected chi connectivity index (χ2v) is 6.29. The Kier molecular flexibility index (Phi) is 5.34. The van der Waals surface area contributed by atoms with E-state index in [9.17, 15) is 9.59 Å². The Hall–Kier alpha value is -2.34. The molecule has 0 radical (unpaired) electrons. The van der Waals surface area contributed by atoms with Gasteiger partial charge in [0, 0.05) is 0 Å². The predicted molar refractivity (Wildman–Crippen MR) is 83.5 cm³/mol. The van der Waals surface area contributed by atoms with E-state index >= 15 is 0 Å². The molecule has 2 rings (SSSR count). The number of imide groups is 1. The molecule has 0 unspecified atom stereocenters. The summed E-state index contributed by atoms with van der Waals surface area (Å²) in [5.41, 5.74) is 0.463. The van der Waals surface area contributed by atoms with Gasteiger partial charge in [0.05, 0.1) is 0 Å². The number of carbonyl (C=O) groups excluding carboxylic acids is 2. The fourth-order valence-corrected chi connectivity index (χ4v) is 3.27. The van der Waals surface area contributed by atoms with Crippen molar-refractivity contribution in [1.82, 2.24) is 4.90 Å². The summed E-state index contributed by atoms with van der Waals surface area (Å²) in [6.07, 6.45) is 5.29. The molecule has 104 valence electrons. The number of carbonyl (C=O) groups is 2. The Morgan fingerprint density at radius 3 is 2.14 bits per heavy atom. The number of nitrogens with zero attached hydrogens (tertiary/aromatic N) is 1. The molecule has 0 atom stereocenters. The van der Waals surface area contributed by atoms with Crippen molar-refractivity contribution in [1.29, 1.82) is 0 Å². The Bertz CT molecular complexity index is 662. The average molecular weight is 342 g/mol. The SMILES string of the molecule is C#CCN(C(=O)[Se]c1ccccc1)C(=O)c1ccccc1. The molecule has 2 aromatic rings. The van der Waals surface area contributed by atoms with Gasteiger partial charge in [-0.15, -0.1) is 0 Å². The van der Waals surface area contributed by atoms with Gasteiger partial charge in [0.1, 0.15) is 0 Å². The minimum absolute atomic E-state index is 0.0128. The van der Waals surface area contributed by atoms with E-state index < -0.39 is 15.0 Å². The molecule has 21 heavy (non-hydrogen) atoms. The molecule has 0 saturated carbocycles. The van der Waals surface area contributed by atoms with Crippen LogP contribution in [0, 0.1) is 12.3 Å². The van der Waals surface area contributed by atoms with Gasteiger partial charge in [-0.1, -0.05) is 0 Å². The van der Waals surface area contributed by atoms with Gasteiger partial charge >= 0.3 is 130 Å². The molecule has 0 fully saturated rings. The quantitative estimate of drug-likeness (QED) is 0.629. The van der Waals surface area contributed by atoms with Crippen molar-refractivity contribution < 1.29 is 9.59 Å². The molecule has 2 amide bonds. The molecule has 0 spiro atoms. The van der Waals surface area contributed by atoms with Crippen LogP contribution in [0.5, 0.6) is 0 Å². The zero-order valence-electron chi connectivity index (χ0n) is 11.2. The van der Waals surface area contributed by atoms with Crippen molar-refractivity contribution in [2.75, 3.05) is 6.54 Å². The number of rotatable bonds is 4. The molecule has 2 aromatic carbocycles. The fourth-order valence-electron chi connectivity index (χ4n) is 1.69. The van der Waals surface area contributed by atoms with E-state index in [1.807, 2.05) is 36.4 Å². The zero-order chi connectivity index (χ0) is 15.1. The first-order chi connectivity index (χ1) is 10.2. The van der Waals surface area contributed by atoms with Crippen LogP contribution in [0.2, 0.25) is 0 Å². The summed E-state index contributed by atoms with van der Waals surface area (Å²) in [4.78, 5) is 25.6. The van der Waals surface area contributed by atoms with Crippen molar-refractivity contribution in [3.63, 3.8) is 0 Å². The summed E-state index contributed by atoms with van der Waals surface area (Å²) in [6, 6.07) is 18.1. The van der Waals surface area contributed by atoms with Gasteiger partial charge < -0.3 is 0 Å². The summed E-state index contributed by atoms with van der Waals surface area (Å²) < 4.78 is 0.915. The molecule has 4 heteroatoms. The van der Waals surface area contributed by atoms with Crippen molar-refractivity contribution in [3.8, 4) is 12.3 Å². The molecule has 0 aliphatic rings. The number of hydrogen-bond acceptors (Lipinski definition) is 2. The molecule has 0 N–H and O–H groups in total. The van der Waals surface area contributed by atoms with Crippen LogP contribution in [0.1, 0.15) is 10.4 Å². The first-order valence-corrected chi connectivity index (χ1v) is 8.01. The van der Waals surface area contributed by atoms with Gasteiger partial charge in [0.2, 0.25) is 0 Å². The molecular weight excluding hydrogens is 329 g/mol. The Labute approximate surface area is 130 Å². The van der Waals surface area contributed by atoms with E-state index in [4.69, 9.17) is 6.42 Å². The predicted octanol–water partition coefficient (Wildman–Crippen LogP) is 1.91. The number of hydrogen-bond donors (Lipinski definition) is 0. The monoisotopic (exact) mass is 343 g/mol. The van der Waals surface area contributed by atoms with Crippen LogP contribution < -0.4 is 4.46 Å². The molecule has 0 bridgehead atoms. The van der Waals surface area contributed by atoms with Crippen LogP contribution >= 0.6 is 0 Å². The minimum atomic E-state index is -0.470. The zero-order valence-corrected chi connectivity index (χ0v) is 12.9. The van der Waals surface area contributed by atoms with Crippen LogP contribution in [-0.4, -0.2) is 37.1 Å². The molecule has 0 aromatic heterocycles. The number of amides is 2. The van der Waals surface area contributed by atoms with Gasteiger partial charge in [-0.05, 0) is 0 Å². The molecule has 0 aliphatic carbocycles. The Morgan fingerprint density at radius 1 is 1.00 bits per heavy atom. The summed E-state index contributed by atoms with van der Waals surface area (Å²) in [5, 5.41) is 0. The number of benzene rings is 2. The maximum absolute atomic E-state index is 12.4. The van der Waals surface area contributed by atoms with E-state index in [-0.39, 0.29) is 17.3 Å². The second kappa shape index (κ2) is 7.44. The third kappa shape index (κ3) is 4.06. The van der Waals surface area contributed by atoms with Crippen LogP contribution in [-0.2, 0) is 0 Å². The van der Waals surface area contributed by atoms with Gasteiger partial charge in [0.25, 0.3) is 0 Å². The molecule has 0 heterocycles. The van der Waals surface area contributed by atoms with Gasteiger partial charge in [0.15, 0.2) is 0 Å². The van der Waals surface area contributed by atoms with Gasteiger partial charge in [-0.25, -0.2) is 0 Å². The van der Waals surface area contributed by atoms with E-state index in [0.717, 1.165) is 9.36 Å². The average Bonchev–Trinajstić information content (AvgIpc) is 2.53. The van der Waals surface area contributed by atoms with Crippen LogP contribution in [0.4, 0.5) is 4.79 Å². The van der Waals surface area contributed by atoms with Crippen LogP contribution in [0.15, 0.2) is 60.7 Å². The third-order valence-electron chi connectivity index (χ3n) is 2.68.